The number of rotatable bonds is 7. The Balaban J connectivity index is 0.00000312. The minimum absolute atomic E-state index is 0. The van der Waals surface area contributed by atoms with Gasteiger partial charge in [0.25, 0.3) is 0 Å². The second kappa shape index (κ2) is 10.3. The molecule has 1 fully saturated rings. The lowest BCUT2D eigenvalue weighted by atomic mass is 9.94. The molecule has 1 aliphatic rings. The number of ether oxygens (including phenoxy) is 1. The summed E-state index contributed by atoms with van der Waals surface area (Å²) >= 11 is 0. The van der Waals surface area contributed by atoms with Crippen LogP contribution in [0.5, 0.6) is 5.75 Å². The summed E-state index contributed by atoms with van der Waals surface area (Å²) in [5.41, 5.74) is 6.38. The number of carbonyl (C=O) groups excluding carboxylic acids is 2. The lowest BCUT2D eigenvalue weighted by Crippen LogP contribution is -2.43. The average molecular weight is 370 g/mol. The van der Waals surface area contributed by atoms with E-state index in [0.29, 0.717) is 24.5 Å². The first-order valence-corrected chi connectivity index (χ1v) is 8.52. The summed E-state index contributed by atoms with van der Waals surface area (Å²) in [6.45, 7) is 2.97. The van der Waals surface area contributed by atoms with Crippen LogP contribution in [0.15, 0.2) is 24.3 Å². The van der Waals surface area contributed by atoms with Crippen molar-refractivity contribution in [3.63, 3.8) is 0 Å². The van der Waals surface area contributed by atoms with E-state index in [1.165, 1.54) is 0 Å². The number of para-hydroxylation sites is 2. The number of nitrogens with two attached hydrogens (primary N) is 1. The fraction of sp³-hybridized carbons (Fsp3) is 0.556. The summed E-state index contributed by atoms with van der Waals surface area (Å²) < 4.78 is 5.23. The van der Waals surface area contributed by atoms with Crippen LogP contribution in [0, 0.1) is 11.8 Å². The van der Waals surface area contributed by atoms with Gasteiger partial charge in [-0.3, -0.25) is 9.59 Å². The van der Waals surface area contributed by atoms with Crippen LogP contribution in [0.25, 0.3) is 0 Å². The first-order chi connectivity index (χ1) is 11.6. The molecular formula is C18H28ClN3O3. The van der Waals surface area contributed by atoms with Gasteiger partial charge >= 0.3 is 0 Å². The molecule has 25 heavy (non-hydrogen) atoms. The standard InChI is InChI=1S/C18H27N3O3.ClH/c1-3-21(18(23)14-8-6-7-13(14)11-19)12-17(22)20-15-9-4-5-10-16(15)24-2;/h4-5,9-10,13-14H,3,6-8,11-12,19H2,1-2H3,(H,20,22);1H/t13-,14-;/m1./s1. The molecule has 2 atom stereocenters. The second-order valence-corrected chi connectivity index (χ2v) is 6.13. The van der Waals surface area contributed by atoms with Gasteiger partial charge in [-0.1, -0.05) is 18.6 Å². The number of nitrogens with one attached hydrogen (secondary N) is 1. The van der Waals surface area contributed by atoms with Gasteiger partial charge in [-0.2, -0.15) is 0 Å². The van der Waals surface area contributed by atoms with Gasteiger partial charge in [-0.05, 0) is 44.4 Å². The summed E-state index contributed by atoms with van der Waals surface area (Å²) in [6.07, 6.45) is 2.90. The van der Waals surface area contributed by atoms with E-state index in [2.05, 4.69) is 5.32 Å². The van der Waals surface area contributed by atoms with Gasteiger partial charge in [0.05, 0.1) is 19.3 Å². The Morgan fingerprint density at radius 3 is 2.68 bits per heavy atom. The molecule has 0 saturated heterocycles. The molecule has 1 saturated carbocycles. The first kappa shape index (κ1) is 21.3. The number of hydrogen-bond donors (Lipinski definition) is 2. The van der Waals surface area contributed by atoms with E-state index >= 15 is 0 Å². The number of hydrogen-bond acceptors (Lipinski definition) is 4. The van der Waals surface area contributed by atoms with Crippen LogP contribution in [0.4, 0.5) is 5.69 Å². The molecule has 0 radical (unpaired) electrons. The maximum Gasteiger partial charge on any atom is 0.244 e. The van der Waals surface area contributed by atoms with Crippen LogP contribution in [0.3, 0.4) is 0 Å². The van der Waals surface area contributed by atoms with Crippen molar-refractivity contribution in [3.8, 4) is 5.75 Å². The fourth-order valence-electron chi connectivity index (χ4n) is 3.34. The second-order valence-electron chi connectivity index (χ2n) is 6.13. The molecule has 6 nitrogen and oxygen atoms in total. The highest BCUT2D eigenvalue weighted by atomic mass is 35.5. The maximum atomic E-state index is 12.7. The van der Waals surface area contributed by atoms with E-state index in [0.717, 1.165) is 19.3 Å². The van der Waals surface area contributed by atoms with E-state index in [4.69, 9.17) is 10.5 Å². The van der Waals surface area contributed by atoms with Crippen molar-refractivity contribution in [3.05, 3.63) is 24.3 Å². The Hall–Kier alpha value is -1.79. The number of likely N-dealkylation sites (N-methyl/N-ethyl adjacent to an activating group) is 1. The molecule has 0 spiro atoms. The number of anilines is 1. The molecule has 0 aliphatic heterocycles. The number of benzene rings is 1. The quantitative estimate of drug-likeness (QED) is 0.772. The van der Waals surface area contributed by atoms with Crippen molar-refractivity contribution in [2.45, 2.75) is 26.2 Å². The lowest BCUT2D eigenvalue weighted by Gasteiger charge is -2.26. The summed E-state index contributed by atoms with van der Waals surface area (Å²) in [6, 6.07) is 7.22. The molecule has 1 aromatic carbocycles. The van der Waals surface area contributed by atoms with Gasteiger partial charge in [-0.15, -0.1) is 12.4 Å². The third kappa shape index (κ3) is 5.34. The molecule has 7 heteroatoms. The maximum absolute atomic E-state index is 12.7. The van der Waals surface area contributed by atoms with Crippen LogP contribution in [-0.4, -0.2) is 43.5 Å². The van der Waals surface area contributed by atoms with E-state index in [1.54, 1.807) is 24.1 Å². The number of amides is 2. The molecule has 0 bridgehead atoms. The minimum Gasteiger partial charge on any atom is -0.495 e. The number of carbonyl (C=O) groups is 2. The summed E-state index contributed by atoms with van der Waals surface area (Å²) in [5.74, 6) is 0.606. The van der Waals surface area contributed by atoms with Crippen LogP contribution in [0.2, 0.25) is 0 Å². The third-order valence-corrected chi connectivity index (χ3v) is 4.69. The fourth-order valence-corrected chi connectivity index (χ4v) is 3.34. The highest BCUT2D eigenvalue weighted by Gasteiger charge is 2.34. The van der Waals surface area contributed by atoms with Gasteiger partial charge in [0.2, 0.25) is 11.8 Å². The Kier molecular flexibility index (Phi) is 8.72. The molecule has 0 unspecified atom stereocenters. The normalized spacial score (nSPS) is 19.0. The average Bonchev–Trinajstić information content (AvgIpc) is 3.08. The van der Waals surface area contributed by atoms with Crippen molar-refractivity contribution < 1.29 is 14.3 Å². The number of methoxy groups -OCH3 is 1. The molecule has 1 aliphatic carbocycles. The number of nitrogens with zero attached hydrogens (tertiary/aromatic N) is 1. The minimum atomic E-state index is -0.225. The molecule has 3 N–H and O–H groups in total. The van der Waals surface area contributed by atoms with Gasteiger partial charge in [0, 0.05) is 12.5 Å². The predicted molar refractivity (Wildman–Crippen MR) is 101 cm³/mol. The Morgan fingerprint density at radius 1 is 1.32 bits per heavy atom. The molecule has 2 amide bonds. The number of halogens is 1. The van der Waals surface area contributed by atoms with Crippen molar-refractivity contribution in [2.75, 3.05) is 32.1 Å². The SMILES string of the molecule is CCN(CC(=O)Nc1ccccc1OC)C(=O)[C@@H]1CCC[C@@H]1CN.Cl. The highest BCUT2D eigenvalue weighted by Crippen LogP contribution is 2.32. The van der Waals surface area contributed by atoms with E-state index in [1.807, 2.05) is 19.1 Å². The zero-order valence-electron chi connectivity index (χ0n) is 14.9. The monoisotopic (exact) mass is 369 g/mol. The predicted octanol–water partition coefficient (Wildman–Crippen LogP) is 2.28. The topological polar surface area (TPSA) is 84.7 Å². The Bertz CT molecular complexity index is 582. The van der Waals surface area contributed by atoms with Crippen LogP contribution in [0.1, 0.15) is 26.2 Å². The smallest absolute Gasteiger partial charge is 0.244 e. The van der Waals surface area contributed by atoms with Gasteiger partial charge in [-0.25, -0.2) is 0 Å². The molecule has 0 aromatic heterocycles. The van der Waals surface area contributed by atoms with Crippen LogP contribution < -0.4 is 15.8 Å². The lowest BCUT2D eigenvalue weighted by molar-refractivity contribution is -0.139. The van der Waals surface area contributed by atoms with Gasteiger partial charge in [0.1, 0.15) is 5.75 Å². The molecular weight excluding hydrogens is 342 g/mol. The molecule has 0 heterocycles. The zero-order valence-corrected chi connectivity index (χ0v) is 15.7. The van der Waals surface area contributed by atoms with Crippen molar-refractivity contribution in [2.24, 2.45) is 17.6 Å². The summed E-state index contributed by atoms with van der Waals surface area (Å²) in [5, 5.41) is 2.81. The van der Waals surface area contributed by atoms with Crippen molar-refractivity contribution in [1.29, 1.82) is 0 Å². The first-order valence-electron chi connectivity index (χ1n) is 8.52. The van der Waals surface area contributed by atoms with E-state index < -0.39 is 0 Å². The molecule has 140 valence electrons. The third-order valence-electron chi connectivity index (χ3n) is 4.69. The molecule has 2 rings (SSSR count). The molecule has 1 aromatic rings. The van der Waals surface area contributed by atoms with E-state index in [9.17, 15) is 9.59 Å². The summed E-state index contributed by atoms with van der Waals surface area (Å²) in [7, 11) is 1.56. The van der Waals surface area contributed by atoms with Crippen LogP contribution in [-0.2, 0) is 9.59 Å². The summed E-state index contributed by atoms with van der Waals surface area (Å²) in [4.78, 5) is 26.7. The van der Waals surface area contributed by atoms with Crippen molar-refractivity contribution in [1.82, 2.24) is 4.90 Å². The van der Waals surface area contributed by atoms with Gasteiger partial charge < -0.3 is 20.7 Å². The Morgan fingerprint density at radius 2 is 2.04 bits per heavy atom. The zero-order chi connectivity index (χ0) is 17.5. The Labute approximate surface area is 155 Å². The van der Waals surface area contributed by atoms with Crippen LogP contribution >= 0.6 is 12.4 Å². The van der Waals surface area contributed by atoms with E-state index in [-0.39, 0.29) is 42.6 Å². The highest BCUT2D eigenvalue weighted by molar-refractivity contribution is 5.96. The van der Waals surface area contributed by atoms with Crippen molar-refractivity contribution >= 4 is 29.9 Å². The van der Waals surface area contributed by atoms with Gasteiger partial charge in [0.15, 0.2) is 0 Å². The largest absolute Gasteiger partial charge is 0.495 e.